The van der Waals surface area contributed by atoms with Gasteiger partial charge in [0.1, 0.15) is 11.5 Å². The molecule has 21 heavy (non-hydrogen) atoms. The summed E-state index contributed by atoms with van der Waals surface area (Å²) in [5, 5.41) is 3.54. The van der Waals surface area contributed by atoms with Gasteiger partial charge in [0, 0.05) is 29.7 Å². The van der Waals surface area contributed by atoms with Crippen molar-refractivity contribution in [1.29, 1.82) is 0 Å². The van der Waals surface area contributed by atoms with Crippen molar-refractivity contribution in [1.82, 2.24) is 25.3 Å². The number of rotatable bonds is 3. The van der Waals surface area contributed by atoms with Crippen molar-refractivity contribution in [2.24, 2.45) is 0 Å². The molecule has 2 heterocycles. The Morgan fingerprint density at radius 2 is 2.14 bits per heavy atom. The first-order valence-corrected chi connectivity index (χ1v) is 7.67. The van der Waals surface area contributed by atoms with Gasteiger partial charge in [-0.3, -0.25) is 0 Å². The number of nitrogens with one attached hydrogen (secondary N) is 1. The molecular weight excluding hydrogens is 262 g/mol. The molecule has 0 spiro atoms. The van der Waals surface area contributed by atoms with E-state index in [0.717, 1.165) is 30.9 Å². The highest BCUT2D eigenvalue weighted by molar-refractivity contribution is 5.49. The predicted molar refractivity (Wildman–Crippen MR) is 81.8 cm³/mol. The van der Waals surface area contributed by atoms with E-state index < -0.39 is 0 Å². The monoisotopic (exact) mass is 283 g/mol. The summed E-state index contributed by atoms with van der Waals surface area (Å²) in [6, 6.07) is 2.25. The molecule has 1 unspecified atom stereocenters. The van der Waals surface area contributed by atoms with Gasteiger partial charge in [-0.1, -0.05) is 13.3 Å². The zero-order valence-corrected chi connectivity index (χ0v) is 12.6. The van der Waals surface area contributed by atoms with Gasteiger partial charge in [-0.15, -0.1) is 0 Å². The van der Waals surface area contributed by atoms with Crippen LogP contribution in [0.15, 0.2) is 18.5 Å². The zero-order valence-electron chi connectivity index (χ0n) is 12.6. The third-order valence-electron chi connectivity index (χ3n) is 3.89. The number of hydrogen-bond donors (Lipinski definition) is 1. The van der Waals surface area contributed by atoms with E-state index in [0.29, 0.717) is 11.9 Å². The van der Waals surface area contributed by atoms with E-state index in [9.17, 15) is 0 Å². The van der Waals surface area contributed by atoms with Crippen LogP contribution in [0.4, 0.5) is 0 Å². The number of fused-ring (bicyclic) bond motifs is 1. The molecule has 0 aliphatic heterocycles. The predicted octanol–water partition coefficient (Wildman–Crippen LogP) is 2.62. The fourth-order valence-electron chi connectivity index (χ4n) is 2.88. The minimum absolute atomic E-state index is 0.383. The van der Waals surface area contributed by atoms with E-state index >= 15 is 0 Å². The van der Waals surface area contributed by atoms with Gasteiger partial charge in [-0.2, -0.15) is 0 Å². The van der Waals surface area contributed by atoms with Gasteiger partial charge in [0.2, 0.25) is 0 Å². The Bertz CT molecular complexity index is 626. The summed E-state index contributed by atoms with van der Waals surface area (Å²) in [7, 11) is 0. The molecule has 0 fully saturated rings. The summed E-state index contributed by atoms with van der Waals surface area (Å²) in [6.45, 7) is 4.99. The van der Waals surface area contributed by atoms with Crippen LogP contribution in [0.3, 0.4) is 0 Å². The van der Waals surface area contributed by atoms with Crippen molar-refractivity contribution in [3.63, 3.8) is 0 Å². The molecule has 2 aromatic heterocycles. The van der Waals surface area contributed by atoms with Crippen molar-refractivity contribution in [3.05, 3.63) is 35.5 Å². The molecule has 0 radical (unpaired) electrons. The van der Waals surface area contributed by atoms with Crippen LogP contribution in [0.1, 0.15) is 49.3 Å². The number of aromatic nitrogens is 4. The van der Waals surface area contributed by atoms with E-state index in [-0.39, 0.29) is 0 Å². The lowest BCUT2D eigenvalue weighted by Gasteiger charge is -2.17. The Balaban J connectivity index is 1.98. The lowest BCUT2D eigenvalue weighted by molar-refractivity contribution is 0.502. The van der Waals surface area contributed by atoms with Crippen molar-refractivity contribution in [2.45, 2.75) is 45.6 Å². The topological polar surface area (TPSA) is 63.6 Å². The van der Waals surface area contributed by atoms with Gasteiger partial charge in [0.15, 0.2) is 5.82 Å². The molecule has 1 aliphatic rings. The van der Waals surface area contributed by atoms with Gasteiger partial charge >= 0.3 is 0 Å². The summed E-state index contributed by atoms with van der Waals surface area (Å²) in [4.78, 5) is 17.9. The molecule has 5 heteroatoms. The van der Waals surface area contributed by atoms with Gasteiger partial charge in [0.25, 0.3) is 0 Å². The third-order valence-corrected chi connectivity index (χ3v) is 3.89. The molecule has 0 bridgehead atoms. The smallest absolute Gasteiger partial charge is 0.178 e. The Morgan fingerprint density at radius 1 is 1.24 bits per heavy atom. The van der Waals surface area contributed by atoms with Gasteiger partial charge < -0.3 is 5.32 Å². The summed E-state index contributed by atoms with van der Waals surface area (Å²) in [5.74, 6) is 1.45. The fourth-order valence-corrected chi connectivity index (χ4v) is 2.88. The van der Waals surface area contributed by atoms with E-state index in [1.807, 2.05) is 19.2 Å². The number of hydrogen-bond acceptors (Lipinski definition) is 5. The first kappa shape index (κ1) is 14.1. The molecule has 0 saturated carbocycles. The number of aryl methyl sites for hydroxylation is 2. The lowest BCUT2D eigenvalue weighted by atomic mass is 10.0. The summed E-state index contributed by atoms with van der Waals surface area (Å²) < 4.78 is 0. The molecule has 2 aromatic rings. The minimum atomic E-state index is 0.383. The summed E-state index contributed by atoms with van der Waals surface area (Å²) in [5.41, 5.74) is 3.22. The van der Waals surface area contributed by atoms with Crippen LogP contribution < -0.4 is 5.32 Å². The molecule has 3 rings (SSSR count). The number of nitrogens with zero attached hydrogens (tertiary/aromatic N) is 4. The molecular formula is C16H21N5. The molecule has 0 amide bonds. The summed E-state index contributed by atoms with van der Waals surface area (Å²) in [6.07, 6.45) is 8.35. The van der Waals surface area contributed by atoms with E-state index in [1.165, 1.54) is 24.1 Å². The van der Waals surface area contributed by atoms with Gasteiger partial charge in [-0.05, 0) is 38.8 Å². The molecule has 110 valence electrons. The van der Waals surface area contributed by atoms with E-state index in [2.05, 4.69) is 27.2 Å². The fraction of sp³-hybridized carbons (Fsp3) is 0.500. The second-order valence-corrected chi connectivity index (χ2v) is 5.44. The Hall–Kier alpha value is -1.88. The quantitative estimate of drug-likeness (QED) is 0.877. The Kier molecular flexibility index (Phi) is 4.20. The summed E-state index contributed by atoms with van der Waals surface area (Å²) >= 11 is 0. The largest absolute Gasteiger partial charge is 0.310 e. The Labute approximate surface area is 125 Å². The SMILES string of the molecule is CCNC1CCCCc2nc(-c3ccnc(C)n3)ncc21. The molecule has 1 aliphatic carbocycles. The lowest BCUT2D eigenvalue weighted by Crippen LogP contribution is -2.21. The highest BCUT2D eigenvalue weighted by Crippen LogP contribution is 2.28. The molecule has 0 aromatic carbocycles. The first-order valence-electron chi connectivity index (χ1n) is 7.67. The molecule has 1 N–H and O–H groups in total. The maximum absolute atomic E-state index is 4.78. The van der Waals surface area contributed by atoms with Crippen molar-refractivity contribution < 1.29 is 0 Å². The molecule has 1 atom stereocenters. The minimum Gasteiger partial charge on any atom is -0.310 e. The standard InChI is InChI=1S/C16H21N5/c1-3-17-13-6-4-5-7-14-12(13)10-19-16(21-14)15-8-9-18-11(2)20-15/h8-10,13,17H,3-7H2,1-2H3. The van der Waals surface area contributed by atoms with Crippen molar-refractivity contribution in [2.75, 3.05) is 6.54 Å². The molecule has 0 saturated heterocycles. The second-order valence-electron chi connectivity index (χ2n) is 5.44. The average Bonchev–Trinajstić information content (AvgIpc) is 2.70. The van der Waals surface area contributed by atoms with Gasteiger partial charge in [0.05, 0.1) is 0 Å². The third kappa shape index (κ3) is 3.08. The van der Waals surface area contributed by atoms with E-state index in [4.69, 9.17) is 4.98 Å². The van der Waals surface area contributed by atoms with E-state index in [1.54, 1.807) is 6.20 Å². The van der Waals surface area contributed by atoms with Crippen LogP contribution >= 0.6 is 0 Å². The van der Waals surface area contributed by atoms with Crippen LogP contribution in [0.5, 0.6) is 0 Å². The zero-order chi connectivity index (χ0) is 14.7. The normalized spacial score (nSPS) is 18.1. The van der Waals surface area contributed by atoms with Crippen LogP contribution in [-0.2, 0) is 6.42 Å². The van der Waals surface area contributed by atoms with Crippen LogP contribution in [0, 0.1) is 6.92 Å². The maximum atomic E-state index is 4.78. The highest BCUT2D eigenvalue weighted by atomic mass is 15.0. The second kappa shape index (κ2) is 6.26. The van der Waals surface area contributed by atoms with Crippen LogP contribution in [0.25, 0.3) is 11.5 Å². The van der Waals surface area contributed by atoms with Gasteiger partial charge in [-0.25, -0.2) is 19.9 Å². The maximum Gasteiger partial charge on any atom is 0.178 e. The van der Waals surface area contributed by atoms with Crippen LogP contribution in [-0.4, -0.2) is 26.5 Å². The van der Waals surface area contributed by atoms with Crippen molar-refractivity contribution in [3.8, 4) is 11.5 Å². The average molecular weight is 283 g/mol. The highest BCUT2D eigenvalue weighted by Gasteiger charge is 2.20. The van der Waals surface area contributed by atoms with Crippen LogP contribution in [0.2, 0.25) is 0 Å². The van der Waals surface area contributed by atoms with Crippen molar-refractivity contribution >= 4 is 0 Å². The Morgan fingerprint density at radius 3 is 2.95 bits per heavy atom. The first-order chi connectivity index (χ1) is 10.3. The molecule has 5 nitrogen and oxygen atoms in total.